The van der Waals surface area contributed by atoms with Gasteiger partial charge in [-0.1, -0.05) is 41.4 Å². The van der Waals surface area contributed by atoms with Gasteiger partial charge in [0.2, 0.25) is 0 Å². The molecule has 160 valence electrons. The van der Waals surface area contributed by atoms with Gasteiger partial charge in [0.15, 0.2) is 0 Å². The fraction of sp³-hybridized carbons (Fsp3) is 0.0800. The minimum absolute atomic E-state index is 0.235. The number of carbonyl (C=O) groups excluding carboxylic acids is 1. The van der Waals surface area contributed by atoms with Gasteiger partial charge in [0, 0.05) is 28.6 Å². The summed E-state index contributed by atoms with van der Waals surface area (Å²) in [7, 11) is 1.54. The highest BCUT2D eigenvalue weighted by molar-refractivity contribution is 6.32. The summed E-state index contributed by atoms with van der Waals surface area (Å²) in [6, 6.07) is 22.3. The average molecular weight is 445 g/mol. The van der Waals surface area contributed by atoms with Crippen molar-refractivity contribution in [3.05, 3.63) is 95.3 Å². The Balaban J connectivity index is 1.44. The fourth-order valence-corrected chi connectivity index (χ4v) is 3.37. The molecule has 4 aromatic rings. The monoisotopic (exact) mass is 444 g/mol. The normalized spacial score (nSPS) is 10.5. The minimum atomic E-state index is -0.235. The summed E-state index contributed by atoms with van der Waals surface area (Å²) in [4.78, 5) is 21.2. The number of hydrogen-bond donors (Lipinski definition) is 2. The number of nitrogens with zero attached hydrogens (tertiary/aromatic N) is 2. The number of hydrogen-bond acceptors (Lipinski definition) is 5. The molecule has 4 rings (SSSR count). The third kappa shape index (κ3) is 5.04. The summed E-state index contributed by atoms with van der Waals surface area (Å²) in [6.07, 6.45) is 1.53. The highest BCUT2D eigenvalue weighted by Crippen LogP contribution is 2.27. The lowest BCUT2D eigenvalue weighted by atomic mass is 10.1. The third-order valence-corrected chi connectivity index (χ3v) is 5.14. The summed E-state index contributed by atoms with van der Waals surface area (Å²) >= 11 is 6.12. The number of amides is 1. The van der Waals surface area contributed by atoms with E-state index in [9.17, 15) is 4.79 Å². The Morgan fingerprint density at radius 2 is 1.62 bits per heavy atom. The summed E-state index contributed by atoms with van der Waals surface area (Å²) in [6.45, 7) is 2.05. The van der Waals surface area contributed by atoms with Gasteiger partial charge in [-0.25, -0.2) is 9.97 Å². The zero-order valence-corrected chi connectivity index (χ0v) is 18.4. The number of rotatable bonds is 6. The lowest BCUT2D eigenvalue weighted by Crippen LogP contribution is -2.11. The van der Waals surface area contributed by atoms with E-state index >= 15 is 0 Å². The van der Waals surface area contributed by atoms with E-state index in [1.54, 1.807) is 37.4 Å². The molecule has 0 radical (unpaired) electrons. The first-order valence-corrected chi connectivity index (χ1v) is 10.3. The van der Waals surface area contributed by atoms with Gasteiger partial charge >= 0.3 is 0 Å². The van der Waals surface area contributed by atoms with E-state index in [0.29, 0.717) is 27.8 Å². The molecule has 0 saturated heterocycles. The van der Waals surface area contributed by atoms with Crippen molar-refractivity contribution in [1.29, 1.82) is 0 Å². The van der Waals surface area contributed by atoms with Crippen molar-refractivity contribution in [3.8, 4) is 17.0 Å². The maximum Gasteiger partial charge on any atom is 0.255 e. The Kier molecular flexibility index (Phi) is 6.33. The highest BCUT2D eigenvalue weighted by atomic mass is 35.5. The molecule has 6 nitrogen and oxygen atoms in total. The average Bonchev–Trinajstić information content (AvgIpc) is 2.80. The molecule has 0 saturated carbocycles. The molecule has 0 aliphatic rings. The molecule has 0 bridgehead atoms. The quantitative estimate of drug-likeness (QED) is 0.375. The van der Waals surface area contributed by atoms with Crippen molar-refractivity contribution in [2.24, 2.45) is 0 Å². The van der Waals surface area contributed by atoms with Crippen LogP contribution in [-0.2, 0) is 0 Å². The molecule has 0 aliphatic heterocycles. The van der Waals surface area contributed by atoms with Crippen molar-refractivity contribution in [3.63, 3.8) is 0 Å². The molecule has 32 heavy (non-hydrogen) atoms. The van der Waals surface area contributed by atoms with Crippen LogP contribution >= 0.6 is 11.6 Å². The lowest BCUT2D eigenvalue weighted by Gasteiger charge is -2.10. The number of anilines is 3. The predicted molar refractivity (Wildman–Crippen MR) is 128 cm³/mol. The largest absolute Gasteiger partial charge is 0.495 e. The SMILES string of the molecule is COc1ccc(NC(=O)c2ccc(Nc3cc(-c4ccc(C)cc4)ncn3)cc2)cc1Cl. The number of nitrogens with one attached hydrogen (secondary N) is 2. The fourth-order valence-electron chi connectivity index (χ4n) is 3.11. The Morgan fingerprint density at radius 3 is 2.31 bits per heavy atom. The predicted octanol–water partition coefficient (Wildman–Crippen LogP) is 6.11. The molecule has 0 unspecified atom stereocenters. The van der Waals surface area contributed by atoms with Gasteiger partial charge < -0.3 is 15.4 Å². The molecule has 0 spiro atoms. The van der Waals surface area contributed by atoms with Crippen LogP contribution < -0.4 is 15.4 Å². The molecule has 2 N–H and O–H groups in total. The standard InChI is InChI=1S/C25H21ClN4O2/c1-16-3-5-17(6-4-16)22-14-24(28-15-27-22)29-19-9-7-18(8-10-19)25(31)30-20-11-12-23(32-2)21(26)13-20/h3-15H,1-2H3,(H,30,31)(H,27,28,29). The smallest absolute Gasteiger partial charge is 0.255 e. The summed E-state index contributed by atoms with van der Waals surface area (Å²) in [5.74, 6) is 0.984. The number of aromatic nitrogens is 2. The molecule has 0 atom stereocenters. The van der Waals surface area contributed by atoms with Crippen molar-refractivity contribution in [2.75, 3.05) is 17.7 Å². The number of halogens is 1. The molecule has 1 heterocycles. The number of benzene rings is 3. The molecular formula is C25H21ClN4O2. The number of ether oxygens (including phenoxy) is 1. The maximum atomic E-state index is 12.5. The molecule has 7 heteroatoms. The van der Waals surface area contributed by atoms with Crippen molar-refractivity contribution < 1.29 is 9.53 Å². The Labute approximate surface area is 191 Å². The van der Waals surface area contributed by atoms with Gasteiger partial charge in [-0.2, -0.15) is 0 Å². The molecule has 3 aromatic carbocycles. The van der Waals surface area contributed by atoms with E-state index in [1.165, 1.54) is 11.9 Å². The Bertz CT molecular complexity index is 1240. The van der Waals surface area contributed by atoms with E-state index in [-0.39, 0.29) is 5.91 Å². The van der Waals surface area contributed by atoms with E-state index in [2.05, 4.69) is 20.6 Å². The molecular weight excluding hydrogens is 424 g/mol. The second-order valence-corrected chi connectivity index (χ2v) is 7.57. The molecule has 0 fully saturated rings. The zero-order valence-electron chi connectivity index (χ0n) is 17.6. The summed E-state index contributed by atoms with van der Waals surface area (Å²) < 4.78 is 5.13. The minimum Gasteiger partial charge on any atom is -0.495 e. The van der Waals surface area contributed by atoms with Crippen molar-refractivity contribution >= 4 is 34.7 Å². The molecule has 0 aliphatic carbocycles. The van der Waals surface area contributed by atoms with Crippen LogP contribution in [0.2, 0.25) is 5.02 Å². The van der Waals surface area contributed by atoms with E-state index in [0.717, 1.165) is 16.9 Å². The van der Waals surface area contributed by atoms with E-state index in [1.807, 2.05) is 49.4 Å². The van der Waals surface area contributed by atoms with E-state index < -0.39 is 0 Å². The van der Waals surface area contributed by atoms with Gasteiger partial charge in [-0.05, 0) is 49.4 Å². The lowest BCUT2D eigenvalue weighted by molar-refractivity contribution is 0.102. The number of aryl methyl sites for hydroxylation is 1. The molecule has 1 amide bonds. The van der Waals surface area contributed by atoms with Crippen LogP contribution in [0.3, 0.4) is 0 Å². The summed E-state index contributed by atoms with van der Waals surface area (Å²) in [5, 5.41) is 6.51. The topological polar surface area (TPSA) is 76.1 Å². The molecule has 1 aromatic heterocycles. The Morgan fingerprint density at radius 1 is 0.906 bits per heavy atom. The summed E-state index contributed by atoms with van der Waals surface area (Å²) in [5.41, 5.74) is 4.96. The van der Waals surface area contributed by atoms with Crippen LogP contribution in [0.5, 0.6) is 5.75 Å². The number of methoxy groups -OCH3 is 1. The van der Waals surface area contributed by atoms with Crippen LogP contribution in [0.15, 0.2) is 79.1 Å². The first-order chi connectivity index (χ1) is 15.5. The van der Waals surface area contributed by atoms with Gasteiger partial charge in [0.1, 0.15) is 17.9 Å². The third-order valence-electron chi connectivity index (χ3n) is 4.84. The van der Waals surface area contributed by atoms with Gasteiger partial charge in [0.05, 0.1) is 17.8 Å². The Hall–Kier alpha value is -3.90. The van der Waals surface area contributed by atoms with Crippen LogP contribution in [-0.4, -0.2) is 23.0 Å². The van der Waals surface area contributed by atoms with Crippen molar-refractivity contribution in [2.45, 2.75) is 6.92 Å². The van der Waals surface area contributed by atoms with E-state index in [4.69, 9.17) is 16.3 Å². The van der Waals surface area contributed by atoms with Crippen LogP contribution in [0, 0.1) is 6.92 Å². The van der Waals surface area contributed by atoms with Crippen molar-refractivity contribution in [1.82, 2.24) is 9.97 Å². The second kappa shape index (κ2) is 9.49. The zero-order chi connectivity index (χ0) is 22.5. The second-order valence-electron chi connectivity index (χ2n) is 7.16. The maximum absolute atomic E-state index is 12.5. The van der Waals surface area contributed by atoms with Crippen LogP contribution in [0.25, 0.3) is 11.3 Å². The van der Waals surface area contributed by atoms with Crippen LogP contribution in [0.1, 0.15) is 15.9 Å². The van der Waals surface area contributed by atoms with Gasteiger partial charge in [-0.3, -0.25) is 4.79 Å². The first-order valence-electron chi connectivity index (χ1n) is 9.93. The highest BCUT2D eigenvalue weighted by Gasteiger charge is 2.09. The van der Waals surface area contributed by atoms with Crippen LogP contribution in [0.4, 0.5) is 17.2 Å². The van der Waals surface area contributed by atoms with Gasteiger partial charge in [-0.15, -0.1) is 0 Å². The van der Waals surface area contributed by atoms with Gasteiger partial charge in [0.25, 0.3) is 5.91 Å². The first kappa shape index (κ1) is 21.3. The number of carbonyl (C=O) groups is 1.